The summed E-state index contributed by atoms with van der Waals surface area (Å²) < 4.78 is 30.5. The molecule has 1 aromatic carbocycles. The first-order valence-electron chi connectivity index (χ1n) is 8.22. The Labute approximate surface area is 144 Å². The molecule has 1 aliphatic rings. The summed E-state index contributed by atoms with van der Waals surface area (Å²) in [6.45, 7) is 3.51. The van der Waals surface area contributed by atoms with Crippen molar-refractivity contribution in [2.45, 2.75) is 26.3 Å². The molecule has 7 heteroatoms. The van der Waals surface area contributed by atoms with Crippen molar-refractivity contribution in [3.63, 3.8) is 0 Å². The highest BCUT2D eigenvalue weighted by Crippen LogP contribution is 2.20. The Balaban J connectivity index is 1.80. The van der Waals surface area contributed by atoms with Crippen molar-refractivity contribution in [3.05, 3.63) is 35.4 Å². The van der Waals surface area contributed by atoms with Gasteiger partial charge >= 0.3 is 0 Å². The molecule has 1 saturated heterocycles. The summed E-state index contributed by atoms with van der Waals surface area (Å²) in [6, 6.07) is 8.02. The quantitative estimate of drug-likeness (QED) is 0.801. The van der Waals surface area contributed by atoms with Crippen LogP contribution in [0.15, 0.2) is 24.3 Å². The van der Waals surface area contributed by atoms with Crippen molar-refractivity contribution in [1.82, 2.24) is 9.62 Å². The largest absolute Gasteiger partial charge is 0.384 e. The molecule has 0 bridgehead atoms. The van der Waals surface area contributed by atoms with Crippen LogP contribution in [0.4, 0.5) is 0 Å². The average molecular weight is 354 g/mol. The summed E-state index contributed by atoms with van der Waals surface area (Å²) in [5.41, 5.74) is 2.24. The van der Waals surface area contributed by atoms with Gasteiger partial charge in [0.25, 0.3) is 0 Å². The molecule has 0 saturated carbocycles. The van der Waals surface area contributed by atoms with E-state index in [0.29, 0.717) is 32.5 Å². The molecule has 0 atom stereocenters. The smallest absolute Gasteiger partial charge is 0.223 e. The van der Waals surface area contributed by atoms with Gasteiger partial charge in [-0.1, -0.05) is 29.8 Å². The van der Waals surface area contributed by atoms with E-state index in [2.05, 4.69) is 5.32 Å². The number of benzene rings is 1. The van der Waals surface area contributed by atoms with Gasteiger partial charge < -0.3 is 10.1 Å². The average Bonchev–Trinajstić information content (AvgIpc) is 2.58. The number of amides is 1. The van der Waals surface area contributed by atoms with Gasteiger partial charge in [0.1, 0.15) is 0 Å². The maximum Gasteiger partial charge on any atom is 0.223 e. The molecule has 0 aliphatic carbocycles. The monoisotopic (exact) mass is 354 g/mol. The van der Waals surface area contributed by atoms with Gasteiger partial charge in [0, 0.05) is 32.7 Å². The van der Waals surface area contributed by atoms with Crippen LogP contribution in [-0.2, 0) is 26.1 Å². The Hall–Kier alpha value is -1.44. The Morgan fingerprint density at radius 2 is 2.04 bits per heavy atom. The van der Waals surface area contributed by atoms with Crippen LogP contribution in [0.25, 0.3) is 0 Å². The SMILES string of the molecule is COCCS(=O)(=O)N1CCC(C(=O)NCc2cccc(C)c2)CC1. The molecule has 1 N–H and O–H groups in total. The van der Waals surface area contributed by atoms with Crippen LogP contribution < -0.4 is 5.32 Å². The predicted molar refractivity (Wildman–Crippen MR) is 93.0 cm³/mol. The molecule has 24 heavy (non-hydrogen) atoms. The van der Waals surface area contributed by atoms with Crippen LogP contribution in [0, 0.1) is 12.8 Å². The zero-order chi connectivity index (χ0) is 17.6. The highest BCUT2D eigenvalue weighted by Gasteiger charge is 2.30. The summed E-state index contributed by atoms with van der Waals surface area (Å²) in [5, 5.41) is 2.96. The number of methoxy groups -OCH3 is 1. The lowest BCUT2D eigenvalue weighted by atomic mass is 9.97. The van der Waals surface area contributed by atoms with Gasteiger partial charge in [-0.2, -0.15) is 0 Å². The molecule has 134 valence electrons. The van der Waals surface area contributed by atoms with Crippen molar-refractivity contribution >= 4 is 15.9 Å². The number of hydrogen-bond acceptors (Lipinski definition) is 4. The number of rotatable bonds is 7. The summed E-state index contributed by atoms with van der Waals surface area (Å²) in [6.07, 6.45) is 1.12. The van der Waals surface area contributed by atoms with E-state index in [4.69, 9.17) is 4.74 Å². The van der Waals surface area contributed by atoms with Crippen LogP contribution in [0.2, 0.25) is 0 Å². The van der Waals surface area contributed by atoms with Crippen LogP contribution in [0.5, 0.6) is 0 Å². The molecule has 0 radical (unpaired) electrons. The van der Waals surface area contributed by atoms with Crippen molar-refractivity contribution < 1.29 is 17.9 Å². The summed E-state index contributed by atoms with van der Waals surface area (Å²) >= 11 is 0. The number of carbonyl (C=O) groups excluding carboxylic acids is 1. The topological polar surface area (TPSA) is 75.7 Å². The summed E-state index contributed by atoms with van der Waals surface area (Å²) in [7, 11) is -1.79. The van der Waals surface area contributed by atoms with Crippen LogP contribution in [0.1, 0.15) is 24.0 Å². The number of piperidine rings is 1. The van der Waals surface area contributed by atoms with E-state index in [1.165, 1.54) is 11.4 Å². The molecule has 2 rings (SSSR count). The van der Waals surface area contributed by atoms with Gasteiger partial charge in [0.2, 0.25) is 15.9 Å². The van der Waals surface area contributed by atoms with Crippen LogP contribution in [-0.4, -0.2) is 51.2 Å². The number of nitrogens with zero attached hydrogens (tertiary/aromatic N) is 1. The number of aryl methyl sites for hydroxylation is 1. The number of carbonyl (C=O) groups is 1. The van der Waals surface area contributed by atoms with E-state index in [0.717, 1.165) is 11.1 Å². The summed E-state index contributed by atoms with van der Waals surface area (Å²) in [4.78, 5) is 12.3. The third kappa shape index (κ3) is 5.29. The normalized spacial score (nSPS) is 16.9. The molecule has 1 heterocycles. The molecule has 1 amide bonds. The fourth-order valence-electron chi connectivity index (χ4n) is 2.87. The van der Waals surface area contributed by atoms with Crippen molar-refractivity contribution in [3.8, 4) is 0 Å². The maximum absolute atomic E-state index is 12.3. The van der Waals surface area contributed by atoms with Gasteiger partial charge in [0.15, 0.2) is 0 Å². The molecule has 6 nitrogen and oxygen atoms in total. The second kappa shape index (κ2) is 8.60. The molecule has 0 unspecified atom stereocenters. The number of hydrogen-bond donors (Lipinski definition) is 1. The van der Waals surface area contributed by atoms with E-state index in [9.17, 15) is 13.2 Å². The second-order valence-electron chi connectivity index (χ2n) is 6.19. The van der Waals surface area contributed by atoms with E-state index < -0.39 is 10.0 Å². The van der Waals surface area contributed by atoms with Gasteiger partial charge in [-0.15, -0.1) is 0 Å². The van der Waals surface area contributed by atoms with Crippen LogP contribution in [0.3, 0.4) is 0 Å². The number of nitrogens with one attached hydrogen (secondary N) is 1. The first-order valence-corrected chi connectivity index (χ1v) is 9.83. The Bertz CT molecular complexity index is 652. The highest BCUT2D eigenvalue weighted by molar-refractivity contribution is 7.89. The van der Waals surface area contributed by atoms with E-state index in [1.807, 2.05) is 31.2 Å². The fourth-order valence-corrected chi connectivity index (χ4v) is 4.27. The molecule has 1 fully saturated rings. The third-order valence-electron chi connectivity index (χ3n) is 4.31. The Morgan fingerprint density at radius 1 is 1.33 bits per heavy atom. The van der Waals surface area contributed by atoms with Gasteiger partial charge in [0.05, 0.1) is 12.4 Å². The lowest BCUT2D eigenvalue weighted by molar-refractivity contribution is -0.126. The lowest BCUT2D eigenvalue weighted by Crippen LogP contribution is -2.44. The maximum atomic E-state index is 12.3. The highest BCUT2D eigenvalue weighted by atomic mass is 32.2. The standard InChI is InChI=1S/C17H26N2O4S/c1-14-4-3-5-15(12-14)13-18-17(20)16-6-8-19(9-7-16)24(21,22)11-10-23-2/h3-5,12,16H,6-11,13H2,1-2H3,(H,18,20). The predicted octanol–water partition coefficient (Wildman–Crippen LogP) is 1.30. The zero-order valence-corrected chi connectivity index (χ0v) is 15.1. The summed E-state index contributed by atoms with van der Waals surface area (Å²) in [5.74, 6) is -0.123. The van der Waals surface area contributed by atoms with Gasteiger partial charge in [-0.05, 0) is 25.3 Å². The third-order valence-corrected chi connectivity index (χ3v) is 6.15. The molecular weight excluding hydrogens is 328 g/mol. The fraction of sp³-hybridized carbons (Fsp3) is 0.588. The minimum Gasteiger partial charge on any atom is -0.384 e. The molecule has 0 spiro atoms. The van der Waals surface area contributed by atoms with Crippen molar-refractivity contribution in [2.24, 2.45) is 5.92 Å². The molecule has 1 aromatic rings. The van der Waals surface area contributed by atoms with Crippen molar-refractivity contribution in [2.75, 3.05) is 32.6 Å². The van der Waals surface area contributed by atoms with E-state index in [1.54, 1.807) is 0 Å². The van der Waals surface area contributed by atoms with Crippen LogP contribution >= 0.6 is 0 Å². The first-order chi connectivity index (χ1) is 11.4. The molecular formula is C17H26N2O4S. The minimum absolute atomic E-state index is 0.00504. The zero-order valence-electron chi connectivity index (χ0n) is 14.3. The number of ether oxygens (including phenoxy) is 1. The van der Waals surface area contributed by atoms with Gasteiger partial charge in [-0.25, -0.2) is 12.7 Å². The second-order valence-corrected chi connectivity index (χ2v) is 8.28. The van der Waals surface area contributed by atoms with E-state index >= 15 is 0 Å². The van der Waals surface area contributed by atoms with Crippen molar-refractivity contribution in [1.29, 1.82) is 0 Å². The number of sulfonamides is 1. The molecule has 1 aliphatic heterocycles. The van der Waals surface area contributed by atoms with Gasteiger partial charge in [-0.3, -0.25) is 4.79 Å². The molecule has 0 aromatic heterocycles. The lowest BCUT2D eigenvalue weighted by Gasteiger charge is -2.30. The minimum atomic E-state index is -3.28. The first kappa shape index (κ1) is 18.9. The Morgan fingerprint density at radius 3 is 2.67 bits per heavy atom. The Kier molecular flexibility index (Phi) is 6.77. The van der Waals surface area contributed by atoms with E-state index in [-0.39, 0.29) is 24.2 Å².